The van der Waals surface area contributed by atoms with Gasteiger partial charge in [-0.1, -0.05) is 11.6 Å². The van der Waals surface area contributed by atoms with Gasteiger partial charge in [0.1, 0.15) is 0 Å². The molecule has 0 aliphatic heterocycles. The number of carbonyl (C=O) groups excluding carboxylic acids is 1. The molecule has 0 saturated heterocycles. The van der Waals surface area contributed by atoms with Crippen molar-refractivity contribution < 1.29 is 9.21 Å². The molecule has 0 bridgehead atoms. The highest BCUT2D eigenvalue weighted by molar-refractivity contribution is 8.13. The molecule has 3 rings (SSSR count). The van der Waals surface area contributed by atoms with E-state index in [-0.39, 0.29) is 16.9 Å². The minimum atomic E-state index is -0.134. The first kappa shape index (κ1) is 15.5. The molecular weight excluding hydrogens is 336 g/mol. The predicted molar refractivity (Wildman–Crippen MR) is 88.3 cm³/mol. The monoisotopic (exact) mass is 346 g/mol. The van der Waals surface area contributed by atoms with Crippen LogP contribution in [0, 0.1) is 0 Å². The third kappa shape index (κ3) is 4.30. The Morgan fingerprint density at radius 2 is 1.87 bits per heavy atom. The van der Waals surface area contributed by atoms with Gasteiger partial charge in [0.05, 0.1) is 6.54 Å². The number of nitrogens with zero attached hydrogens (tertiary/aromatic N) is 3. The summed E-state index contributed by atoms with van der Waals surface area (Å²) >= 11 is 6.70. The van der Waals surface area contributed by atoms with Gasteiger partial charge in [-0.15, -0.1) is 10.2 Å². The summed E-state index contributed by atoms with van der Waals surface area (Å²) in [6.07, 6.45) is 3.26. The Labute approximate surface area is 141 Å². The van der Waals surface area contributed by atoms with E-state index in [1.54, 1.807) is 48.8 Å². The van der Waals surface area contributed by atoms with Gasteiger partial charge in [0.25, 0.3) is 5.22 Å². The Bertz CT molecular complexity index is 793. The van der Waals surface area contributed by atoms with Gasteiger partial charge in [-0.3, -0.25) is 9.78 Å². The molecule has 0 fully saturated rings. The molecule has 3 aromatic rings. The van der Waals surface area contributed by atoms with Crippen molar-refractivity contribution in [3.8, 4) is 11.5 Å². The summed E-state index contributed by atoms with van der Waals surface area (Å²) in [5, 5.41) is 11.5. The first-order valence-corrected chi connectivity index (χ1v) is 7.84. The fraction of sp³-hybridized carbons (Fsp3) is 0.0667. The second-order valence-corrected chi connectivity index (χ2v) is 5.89. The van der Waals surface area contributed by atoms with Crippen molar-refractivity contribution in [3.05, 3.63) is 53.8 Å². The largest absolute Gasteiger partial charge is 0.411 e. The molecular formula is C15H11ClN4O2S. The topological polar surface area (TPSA) is 80.9 Å². The number of nitrogens with one attached hydrogen (secondary N) is 1. The zero-order valence-corrected chi connectivity index (χ0v) is 13.3. The summed E-state index contributed by atoms with van der Waals surface area (Å²) in [5.74, 6) is 0.355. The van der Waals surface area contributed by atoms with Crippen LogP contribution in [0.15, 0.2) is 58.4 Å². The highest BCUT2D eigenvalue weighted by Crippen LogP contribution is 2.23. The van der Waals surface area contributed by atoms with E-state index in [4.69, 9.17) is 16.0 Å². The third-order valence-corrected chi connectivity index (χ3v) is 3.78. The minimum Gasteiger partial charge on any atom is -0.411 e. The first-order valence-electron chi connectivity index (χ1n) is 6.65. The van der Waals surface area contributed by atoms with Crippen LogP contribution in [0.4, 0.5) is 5.69 Å². The van der Waals surface area contributed by atoms with E-state index in [1.165, 1.54) is 0 Å². The van der Waals surface area contributed by atoms with E-state index in [9.17, 15) is 4.79 Å². The van der Waals surface area contributed by atoms with Crippen molar-refractivity contribution in [3.63, 3.8) is 0 Å². The van der Waals surface area contributed by atoms with Crippen LogP contribution in [0.2, 0.25) is 5.02 Å². The standard InChI is InChI=1S/C15H11ClN4O2S/c16-11-1-3-12(4-2-11)18-9-13(21)23-15-20-19-14(22-15)10-5-7-17-8-6-10/h1-8,18H,9H2. The minimum absolute atomic E-state index is 0.134. The van der Waals surface area contributed by atoms with Crippen molar-refractivity contribution in [2.45, 2.75) is 5.22 Å². The number of thioether (sulfide) groups is 1. The fourth-order valence-corrected chi connectivity index (χ4v) is 2.40. The van der Waals surface area contributed by atoms with E-state index >= 15 is 0 Å². The number of pyridine rings is 1. The van der Waals surface area contributed by atoms with Crippen molar-refractivity contribution >= 4 is 34.2 Å². The molecule has 0 saturated carbocycles. The number of halogens is 1. The second-order valence-electron chi connectivity index (χ2n) is 4.44. The van der Waals surface area contributed by atoms with Gasteiger partial charge in [-0.05, 0) is 36.4 Å². The first-order chi connectivity index (χ1) is 11.2. The van der Waals surface area contributed by atoms with Gasteiger partial charge in [-0.25, -0.2) is 0 Å². The Hall–Kier alpha value is -2.38. The summed E-state index contributed by atoms with van der Waals surface area (Å²) in [6, 6.07) is 10.6. The molecule has 0 aliphatic carbocycles. The molecule has 6 nitrogen and oxygen atoms in total. The molecule has 0 amide bonds. The van der Waals surface area contributed by atoms with Crippen molar-refractivity contribution in [1.82, 2.24) is 15.2 Å². The van der Waals surface area contributed by atoms with Crippen molar-refractivity contribution in [2.75, 3.05) is 11.9 Å². The van der Waals surface area contributed by atoms with E-state index in [0.29, 0.717) is 10.9 Å². The predicted octanol–water partition coefficient (Wildman–Crippen LogP) is 3.52. The quantitative estimate of drug-likeness (QED) is 0.708. The van der Waals surface area contributed by atoms with Gasteiger partial charge in [0.2, 0.25) is 11.0 Å². The molecule has 1 aromatic carbocycles. The van der Waals surface area contributed by atoms with Gasteiger partial charge in [0.15, 0.2) is 0 Å². The Morgan fingerprint density at radius 3 is 2.61 bits per heavy atom. The lowest BCUT2D eigenvalue weighted by Crippen LogP contribution is -2.10. The van der Waals surface area contributed by atoms with Gasteiger partial charge < -0.3 is 9.73 Å². The molecule has 1 N–H and O–H groups in total. The Morgan fingerprint density at radius 1 is 1.13 bits per heavy atom. The van der Waals surface area contributed by atoms with Crippen molar-refractivity contribution in [2.24, 2.45) is 0 Å². The van der Waals surface area contributed by atoms with Crippen LogP contribution in [0.3, 0.4) is 0 Å². The van der Waals surface area contributed by atoms with E-state index < -0.39 is 0 Å². The summed E-state index contributed by atoms with van der Waals surface area (Å²) in [4.78, 5) is 15.9. The highest BCUT2D eigenvalue weighted by Gasteiger charge is 2.13. The summed E-state index contributed by atoms with van der Waals surface area (Å²) < 4.78 is 5.46. The molecule has 0 aliphatic rings. The number of benzene rings is 1. The fourth-order valence-electron chi connectivity index (χ4n) is 1.74. The van der Waals surface area contributed by atoms with Crippen LogP contribution in [-0.4, -0.2) is 26.8 Å². The lowest BCUT2D eigenvalue weighted by atomic mass is 10.3. The number of anilines is 1. The maximum Gasteiger partial charge on any atom is 0.284 e. The molecule has 116 valence electrons. The molecule has 0 spiro atoms. The summed E-state index contributed by atoms with van der Waals surface area (Å²) in [5.41, 5.74) is 1.57. The van der Waals surface area contributed by atoms with Crippen LogP contribution in [0.25, 0.3) is 11.5 Å². The molecule has 2 aromatic heterocycles. The number of aromatic nitrogens is 3. The van der Waals surface area contributed by atoms with Gasteiger partial charge >= 0.3 is 0 Å². The number of rotatable bonds is 5. The normalized spacial score (nSPS) is 10.5. The maximum absolute atomic E-state index is 11.9. The van der Waals surface area contributed by atoms with Crippen LogP contribution in [0.1, 0.15) is 0 Å². The lowest BCUT2D eigenvalue weighted by Gasteiger charge is -2.03. The van der Waals surface area contributed by atoms with Crippen molar-refractivity contribution in [1.29, 1.82) is 0 Å². The smallest absolute Gasteiger partial charge is 0.284 e. The lowest BCUT2D eigenvalue weighted by molar-refractivity contribution is -0.109. The van der Waals surface area contributed by atoms with E-state index in [0.717, 1.165) is 23.0 Å². The molecule has 2 heterocycles. The zero-order chi connectivity index (χ0) is 16.1. The molecule has 0 unspecified atom stereocenters. The van der Waals surface area contributed by atoms with E-state index in [2.05, 4.69) is 20.5 Å². The van der Waals surface area contributed by atoms with Crippen LogP contribution >= 0.6 is 23.4 Å². The van der Waals surface area contributed by atoms with Gasteiger partial charge in [0, 0.05) is 40.4 Å². The van der Waals surface area contributed by atoms with Crippen LogP contribution in [-0.2, 0) is 4.79 Å². The zero-order valence-electron chi connectivity index (χ0n) is 11.8. The van der Waals surface area contributed by atoms with Gasteiger partial charge in [-0.2, -0.15) is 0 Å². The molecule has 0 radical (unpaired) electrons. The SMILES string of the molecule is O=C(CNc1ccc(Cl)cc1)Sc1nnc(-c2ccncc2)o1. The molecule has 23 heavy (non-hydrogen) atoms. The van der Waals surface area contributed by atoms with E-state index in [1.807, 2.05) is 0 Å². The highest BCUT2D eigenvalue weighted by atomic mass is 35.5. The number of carbonyl (C=O) groups is 1. The molecule has 0 atom stereocenters. The average Bonchev–Trinajstić information content (AvgIpc) is 3.04. The maximum atomic E-state index is 11.9. The third-order valence-electron chi connectivity index (χ3n) is 2.82. The summed E-state index contributed by atoms with van der Waals surface area (Å²) in [7, 11) is 0. The second kappa shape index (κ2) is 7.26. The van der Waals surface area contributed by atoms with Crippen LogP contribution in [0.5, 0.6) is 0 Å². The Kier molecular flexibility index (Phi) is 4.89. The van der Waals surface area contributed by atoms with Crippen LogP contribution < -0.4 is 5.32 Å². The number of hydrogen-bond acceptors (Lipinski definition) is 7. The number of hydrogen-bond donors (Lipinski definition) is 1. The Balaban J connectivity index is 1.56. The molecule has 8 heteroatoms. The average molecular weight is 347 g/mol. The summed E-state index contributed by atoms with van der Waals surface area (Å²) in [6.45, 7) is 0.138.